The quantitative estimate of drug-likeness (QED) is 0.867. The van der Waals surface area contributed by atoms with Gasteiger partial charge in [-0.15, -0.1) is 0 Å². The monoisotopic (exact) mass is 362 g/mol. The summed E-state index contributed by atoms with van der Waals surface area (Å²) in [6.45, 7) is 5.83. The van der Waals surface area contributed by atoms with Crippen LogP contribution in [0.15, 0.2) is 18.2 Å². The summed E-state index contributed by atoms with van der Waals surface area (Å²) in [5.74, 6) is -0.511. The lowest BCUT2D eigenvalue weighted by Gasteiger charge is -2.60. The van der Waals surface area contributed by atoms with E-state index in [1.54, 1.807) is 12.1 Å². The Bertz CT molecular complexity index is 742. The maximum atomic E-state index is 14.6. The third-order valence-electron chi connectivity index (χ3n) is 5.30. The van der Waals surface area contributed by atoms with Crippen LogP contribution in [0.5, 0.6) is 0 Å². The minimum Gasteiger partial charge on any atom is -0.442 e. The highest BCUT2D eigenvalue weighted by Crippen LogP contribution is 2.42. The minimum absolute atomic E-state index is 0.181. The highest BCUT2D eigenvalue weighted by atomic mass is 19.1. The van der Waals surface area contributed by atoms with Crippen molar-refractivity contribution >= 4 is 23.4 Å². The maximum Gasteiger partial charge on any atom is 0.414 e. The lowest BCUT2D eigenvalue weighted by Crippen LogP contribution is -2.71. The Morgan fingerprint density at radius 1 is 1.35 bits per heavy atom. The van der Waals surface area contributed by atoms with Crippen LogP contribution in [0.2, 0.25) is 0 Å². The molecule has 0 aliphatic carbocycles. The number of nitrogens with one attached hydrogen (secondary N) is 1. The van der Waals surface area contributed by atoms with Crippen molar-refractivity contribution in [2.24, 2.45) is 5.41 Å². The summed E-state index contributed by atoms with van der Waals surface area (Å²) >= 11 is 0. The fourth-order valence-corrected chi connectivity index (χ4v) is 4.25. The molecule has 3 aliphatic rings. The average molecular weight is 362 g/mol. The lowest BCUT2D eigenvalue weighted by atomic mass is 9.73. The fraction of sp³-hybridized carbons (Fsp3) is 0.556. The van der Waals surface area contributed by atoms with E-state index >= 15 is 0 Å². The van der Waals surface area contributed by atoms with Gasteiger partial charge in [-0.3, -0.25) is 9.69 Å². The normalized spacial score (nSPS) is 24.3. The molecule has 3 saturated heterocycles. The SMILES string of the molecule is CC(=O)NC[C@H]1CN(c2ccc(N3CC4(CN(C)C4)C3)c(F)c2)C(=O)O1. The molecule has 26 heavy (non-hydrogen) atoms. The number of hydrogen-bond donors (Lipinski definition) is 1. The van der Waals surface area contributed by atoms with Gasteiger partial charge in [0.2, 0.25) is 5.91 Å². The van der Waals surface area contributed by atoms with Crippen molar-refractivity contribution in [3.05, 3.63) is 24.0 Å². The predicted octanol–water partition coefficient (Wildman–Crippen LogP) is 1.04. The minimum atomic E-state index is -0.520. The van der Waals surface area contributed by atoms with Gasteiger partial charge in [0.25, 0.3) is 0 Å². The number of cyclic esters (lactones) is 1. The predicted molar refractivity (Wildman–Crippen MR) is 94.8 cm³/mol. The Balaban J connectivity index is 1.40. The number of amides is 2. The van der Waals surface area contributed by atoms with Crippen molar-refractivity contribution in [3.63, 3.8) is 0 Å². The number of likely N-dealkylation sites (tertiary alicyclic amines) is 1. The molecule has 8 heteroatoms. The van der Waals surface area contributed by atoms with E-state index in [4.69, 9.17) is 4.74 Å². The topological polar surface area (TPSA) is 65.1 Å². The van der Waals surface area contributed by atoms with E-state index in [2.05, 4.69) is 17.3 Å². The summed E-state index contributed by atoms with van der Waals surface area (Å²) in [6, 6.07) is 4.86. The number of nitrogens with zero attached hydrogens (tertiary/aromatic N) is 3. The molecular weight excluding hydrogens is 339 g/mol. The second-order valence-electron chi connectivity index (χ2n) is 7.72. The molecule has 0 aromatic heterocycles. The Kier molecular flexibility index (Phi) is 4.02. The zero-order valence-corrected chi connectivity index (χ0v) is 15.0. The molecule has 7 nitrogen and oxygen atoms in total. The number of halogens is 1. The molecule has 1 aromatic carbocycles. The van der Waals surface area contributed by atoms with E-state index in [1.807, 2.05) is 4.90 Å². The maximum absolute atomic E-state index is 14.6. The molecule has 3 aliphatic heterocycles. The Labute approximate surface area is 151 Å². The number of benzene rings is 1. The molecule has 0 radical (unpaired) electrons. The molecule has 0 unspecified atom stereocenters. The van der Waals surface area contributed by atoms with Gasteiger partial charge in [0.05, 0.1) is 24.5 Å². The van der Waals surface area contributed by atoms with Crippen LogP contribution in [-0.4, -0.2) is 69.3 Å². The first-order valence-corrected chi connectivity index (χ1v) is 8.81. The smallest absolute Gasteiger partial charge is 0.414 e. The highest BCUT2D eigenvalue weighted by Gasteiger charge is 2.50. The van der Waals surface area contributed by atoms with Gasteiger partial charge in [-0.1, -0.05) is 0 Å². The van der Waals surface area contributed by atoms with Crippen LogP contribution < -0.4 is 15.1 Å². The Morgan fingerprint density at radius 2 is 2.08 bits per heavy atom. The molecule has 1 N–H and O–H groups in total. The first-order chi connectivity index (χ1) is 12.3. The van der Waals surface area contributed by atoms with Crippen molar-refractivity contribution in [1.29, 1.82) is 0 Å². The lowest BCUT2D eigenvalue weighted by molar-refractivity contribution is -0.119. The summed E-state index contributed by atoms with van der Waals surface area (Å²) < 4.78 is 19.8. The van der Waals surface area contributed by atoms with Crippen LogP contribution in [0.3, 0.4) is 0 Å². The average Bonchev–Trinajstić information content (AvgIpc) is 2.89. The molecule has 3 heterocycles. The van der Waals surface area contributed by atoms with Crippen LogP contribution in [0, 0.1) is 11.2 Å². The second-order valence-corrected chi connectivity index (χ2v) is 7.72. The van der Waals surface area contributed by atoms with Crippen molar-refractivity contribution in [2.45, 2.75) is 13.0 Å². The van der Waals surface area contributed by atoms with Gasteiger partial charge in [-0.2, -0.15) is 0 Å². The molecular formula is C18H23FN4O3. The molecule has 1 spiro atoms. The van der Waals surface area contributed by atoms with Crippen molar-refractivity contribution in [2.75, 3.05) is 56.1 Å². The molecule has 1 atom stereocenters. The van der Waals surface area contributed by atoms with E-state index in [1.165, 1.54) is 17.9 Å². The molecule has 0 bridgehead atoms. The molecule has 140 valence electrons. The van der Waals surface area contributed by atoms with Crippen LogP contribution in [0.1, 0.15) is 6.92 Å². The van der Waals surface area contributed by atoms with Crippen LogP contribution in [0.4, 0.5) is 20.6 Å². The van der Waals surface area contributed by atoms with Gasteiger partial charge in [-0.25, -0.2) is 9.18 Å². The standard InChI is InChI=1S/C18H23FN4O3/c1-12(24)20-6-14-7-23(17(25)26-14)13-3-4-16(15(19)5-13)22-10-18(11-22)8-21(2)9-18/h3-5,14H,6-11H2,1-2H3,(H,20,24)/t14-/m0/s1. The first-order valence-electron chi connectivity index (χ1n) is 8.81. The largest absolute Gasteiger partial charge is 0.442 e. The summed E-state index contributed by atoms with van der Waals surface area (Å²) in [6.07, 6.45) is -0.951. The Morgan fingerprint density at radius 3 is 2.69 bits per heavy atom. The van der Waals surface area contributed by atoms with Gasteiger partial charge in [0.15, 0.2) is 0 Å². The van der Waals surface area contributed by atoms with Gasteiger partial charge in [0.1, 0.15) is 11.9 Å². The van der Waals surface area contributed by atoms with Gasteiger partial charge in [-0.05, 0) is 25.2 Å². The summed E-state index contributed by atoms with van der Waals surface area (Å²) in [4.78, 5) is 28.7. The number of rotatable bonds is 4. The summed E-state index contributed by atoms with van der Waals surface area (Å²) in [5.41, 5.74) is 1.38. The molecule has 0 saturated carbocycles. The fourth-order valence-electron chi connectivity index (χ4n) is 4.25. The zero-order valence-electron chi connectivity index (χ0n) is 15.0. The van der Waals surface area contributed by atoms with Crippen molar-refractivity contribution < 1.29 is 18.7 Å². The first kappa shape index (κ1) is 17.1. The van der Waals surface area contributed by atoms with E-state index in [0.717, 1.165) is 26.2 Å². The zero-order chi connectivity index (χ0) is 18.5. The van der Waals surface area contributed by atoms with Gasteiger partial charge < -0.3 is 19.9 Å². The van der Waals surface area contributed by atoms with Crippen LogP contribution in [0.25, 0.3) is 0 Å². The summed E-state index contributed by atoms with van der Waals surface area (Å²) in [5, 5.41) is 2.63. The number of carbonyl (C=O) groups excluding carboxylic acids is 2. The van der Waals surface area contributed by atoms with Crippen LogP contribution >= 0.6 is 0 Å². The van der Waals surface area contributed by atoms with Crippen molar-refractivity contribution in [1.82, 2.24) is 10.2 Å². The van der Waals surface area contributed by atoms with Gasteiger partial charge >= 0.3 is 6.09 Å². The second kappa shape index (κ2) is 6.12. The van der Waals surface area contributed by atoms with E-state index in [0.29, 0.717) is 16.8 Å². The number of ether oxygens (including phenoxy) is 1. The van der Waals surface area contributed by atoms with Crippen molar-refractivity contribution in [3.8, 4) is 0 Å². The molecule has 3 fully saturated rings. The molecule has 4 rings (SSSR count). The van der Waals surface area contributed by atoms with E-state index in [-0.39, 0.29) is 24.8 Å². The Hall–Kier alpha value is -2.35. The summed E-state index contributed by atoms with van der Waals surface area (Å²) in [7, 11) is 2.09. The molecule has 2 amide bonds. The highest BCUT2D eigenvalue weighted by molar-refractivity contribution is 5.90. The van der Waals surface area contributed by atoms with Crippen LogP contribution in [-0.2, 0) is 9.53 Å². The number of carbonyl (C=O) groups is 2. The third-order valence-corrected chi connectivity index (χ3v) is 5.30. The number of hydrogen-bond acceptors (Lipinski definition) is 5. The van der Waals surface area contributed by atoms with E-state index < -0.39 is 12.2 Å². The third kappa shape index (κ3) is 2.98. The number of anilines is 2. The van der Waals surface area contributed by atoms with Gasteiger partial charge in [0, 0.05) is 38.5 Å². The molecule has 1 aromatic rings. The van der Waals surface area contributed by atoms with E-state index in [9.17, 15) is 14.0 Å².